The molecule has 15 nitrogen and oxygen atoms in total. The van der Waals surface area contributed by atoms with Gasteiger partial charge in [0.05, 0.1) is 37.6 Å². The van der Waals surface area contributed by atoms with Crippen molar-refractivity contribution in [2.24, 2.45) is 5.92 Å². The number of ether oxygens (including phenoxy) is 3. The molecule has 0 bridgehead atoms. The van der Waals surface area contributed by atoms with E-state index in [0.717, 1.165) is 139 Å². The van der Waals surface area contributed by atoms with Crippen LogP contribution >= 0.6 is 0 Å². The molecular formula is C69H82N8O7. The summed E-state index contributed by atoms with van der Waals surface area (Å²) in [6, 6.07) is 29.1. The number of amides is 2. The summed E-state index contributed by atoms with van der Waals surface area (Å²) in [4.78, 5) is 56.4. The van der Waals surface area contributed by atoms with Gasteiger partial charge < -0.3 is 24.0 Å². The van der Waals surface area contributed by atoms with Gasteiger partial charge in [0.2, 0.25) is 0 Å². The topological polar surface area (TPSA) is 164 Å². The third kappa shape index (κ3) is 12.6. The maximum Gasteiger partial charge on any atom is 0.309 e. The zero-order valence-electron chi connectivity index (χ0n) is 51.4. The molecule has 15 heteroatoms. The van der Waals surface area contributed by atoms with Crippen LogP contribution in [0.3, 0.4) is 0 Å². The minimum absolute atomic E-state index is 0.0574. The number of carbonyl (C=O) groups excluding carboxylic acids is 4. The molecule has 2 amide bonds. The van der Waals surface area contributed by atoms with Crippen molar-refractivity contribution in [3.8, 4) is 0 Å². The molecule has 1 fully saturated rings. The highest BCUT2D eigenvalue weighted by atomic mass is 16.5. The number of methoxy groups -OCH3 is 2. The quantitative estimate of drug-likeness (QED) is 0.107. The number of rotatable bonds is 12. The van der Waals surface area contributed by atoms with Crippen molar-refractivity contribution in [3.05, 3.63) is 185 Å². The first-order valence-electron chi connectivity index (χ1n) is 29.7. The van der Waals surface area contributed by atoms with Gasteiger partial charge in [-0.25, -0.2) is 9.36 Å². The summed E-state index contributed by atoms with van der Waals surface area (Å²) < 4.78 is 19.0. The van der Waals surface area contributed by atoms with Gasteiger partial charge in [0.1, 0.15) is 11.0 Å². The molecule has 0 saturated carbocycles. The second-order valence-corrected chi connectivity index (χ2v) is 23.0. The molecule has 2 aromatic heterocycles. The van der Waals surface area contributed by atoms with E-state index in [0.29, 0.717) is 26.2 Å². The third-order valence-corrected chi connectivity index (χ3v) is 17.9. The highest BCUT2D eigenvalue weighted by Crippen LogP contribution is 2.40. The van der Waals surface area contributed by atoms with Crippen molar-refractivity contribution in [3.63, 3.8) is 0 Å². The van der Waals surface area contributed by atoms with Gasteiger partial charge in [-0.2, -0.15) is 0 Å². The zero-order chi connectivity index (χ0) is 60.1. The number of hydrogen-bond acceptors (Lipinski definition) is 11. The van der Waals surface area contributed by atoms with Crippen LogP contribution in [-0.2, 0) is 62.8 Å². The summed E-state index contributed by atoms with van der Waals surface area (Å²) in [5.74, 6) is -1.27. The SMILES string of the molecule is C1CCOC1.CCn1nnc2c(C)c([C@@H](CC(=O)OC)c3ccc4c(c3)CN(C(=O)c3cc(C)c(C)c(C)c3)CC4)ccc21.CCn1nnc2c(C)c([C@H](c3ccc4c(c3)CN(C(=O)c3cc(C)c(C)c(C)c3)CC4)C(C)C(=O)OC)ccc21. The maximum absolute atomic E-state index is 13.5. The first kappa shape index (κ1) is 60.5. The minimum atomic E-state index is -0.416. The number of carbonyl (C=O) groups is 4. The van der Waals surface area contributed by atoms with Crippen LogP contribution < -0.4 is 0 Å². The Morgan fingerprint density at radius 3 is 1.44 bits per heavy atom. The third-order valence-electron chi connectivity index (χ3n) is 17.9. The van der Waals surface area contributed by atoms with Crippen molar-refractivity contribution in [2.75, 3.05) is 40.5 Å². The molecule has 3 aliphatic rings. The summed E-state index contributed by atoms with van der Waals surface area (Å²) in [7, 11) is 2.86. The maximum atomic E-state index is 13.5. The Balaban J connectivity index is 0.000000186. The molecule has 11 rings (SSSR count). The number of hydrogen-bond donors (Lipinski definition) is 0. The Kier molecular flexibility index (Phi) is 18.9. The fourth-order valence-corrected chi connectivity index (χ4v) is 12.4. The van der Waals surface area contributed by atoms with Crippen LogP contribution in [-0.4, -0.2) is 104 Å². The number of aryl methyl sites for hydroxylation is 8. The van der Waals surface area contributed by atoms with E-state index in [2.05, 4.69) is 111 Å². The molecule has 440 valence electrons. The van der Waals surface area contributed by atoms with Crippen LogP contribution in [0.2, 0.25) is 0 Å². The van der Waals surface area contributed by atoms with Crippen LogP contribution in [0.25, 0.3) is 22.1 Å². The number of aromatic nitrogens is 6. The lowest BCUT2D eigenvalue weighted by atomic mass is 9.78. The fourth-order valence-electron chi connectivity index (χ4n) is 12.4. The van der Waals surface area contributed by atoms with Gasteiger partial charge in [-0.3, -0.25) is 19.2 Å². The molecule has 84 heavy (non-hydrogen) atoms. The van der Waals surface area contributed by atoms with Crippen molar-refractivity contribution >= 4 is 45.8 Å². The minimum Gasteiger partial charge on any atom is -0.469 e. The van der Waals surface area contributed by atoms with Crippen LogP contribution in [0.4, 0.5) is 0 Å². The van der Waals surface area contributed by atoms with Crippen molar-refractivity contribution < 1.29 is 33.4 Å². The Hall–Kier alpha value is -8.04. The predicted octanol–water partition coefficient (Wildman–Crippen LogP) is 12.2. The second kappa shape index (κ2) is 26.3. The van der Waals surface area contributed by atoms with Crippen LogP contribution in [0.1, 0.15) is 162 Å². The molecule has 0 spiro atoms. The molecular weight excluding hydrogens is 1050 g/mol. The number of nitrogens with zero attached hydrogens (tertiary/aromatic N) is 8. The van der Waals surface area contributed by atoms with E-state index in [-0.39, 0.29) is 42.0 Å². The molecule has 0 N–H and O–H groups in total. The first-order valence-corrected chi connectivity index (χ1v) is 29.7. The first-order chi connectivity index (χ1) is 40.3. The lowest BCUT2D eigenvalue weighted by Crippen LogP contribution is -2.36. The fraction of sp³-hybridized carbons (Fsp3) is 0.420. The Morgan fingerprint density at radius 1 is 0.548 bits per heavy atom. The average Bonchev–Trinajstić information content (AvgIpc) is 4.35. The molecule has 8 aromatic rings. The molecule has 6 aromatic carbocycles. The monoisotopic (exact) mass is 1130 g/mol. The van der Waals surface area contributed by atoms with E-state index in [1.165, 1.54) is 49.3 Å². The summed E-state index contributed by atoms with van der Waals surface area (Å²) in [6.07, 6.45) is 4.37. The Labute approximate surface area is 494 Å². The largest absolute Gasteiger partial charge is 0.469 e. The van der Waals surface area contributed by atoms with Crippen molar-refractivity contribution in [2.45, 2.75) is 146 Å². The van der Waals surface area contributed by atoms with Crippen LogP contribution in [0, 0.1) is 61.3 Å². The van der Waals surface area contributed by atoms with E-state index < -0.39 is 5.92 Å². The summed E-state index contributed by atoms with van der Waals surface area (Å²) in [5.41, 5.74) is 23.0. The van der Waals surface area contributed by atoms with E-state index in [1.807, 2.05) is 90.2 Å². The van der Waals surface area contributed by atoms with Gasteiger partial charge in [-0.15, -0.1) is 10.2 Å². The highest BCUT2D eigenvalue weighted by molar-refractivity contribution is 5.96. The Bertz CT molecular complexity index is 3720. The van der Waals surface area contributed by atoms with E-state index in [4.69, 9.17) is 14.2 Å². The molecule has 1 saturated heterocycles. The van der Waals surface area contributed by atoms with Gasteiger partial charge in [-0.05, 0) is 220 Å². The van der Waals surface area contributed by atoms with E-state index >= 15 is 0 Å². The zero-order valence-corrected chi connectivity index (χ0v) is 51.4. The lowest BCUT2D eigenvalue weighted by molar-refractivity contribution is -0.145. The molecule has 3 atom stereocenters. The number of esters is 2. The van der Waals surface area contributed by atoms with Gasteiger partial charge >= 0.3 is 11.9 Å². The Morgan fingerprint density at radius 2 is 1.00 bits per heavy atom. The molecule has 5 heterocycles. The molecule has 0 radical (unpaired) electrons. The van der Waals surface area contributed by atoms with E-state index in [1.54, 1.807) is 0 Å². The molecule has 0 aliphatic carbocycles. The molecule has 1 unspecified atom stereocenters. The standard InChI is InChI=1S/C33H38N4O3.C32H36N4O3.C4H8O/c1-8-37-29-12-11-28(22(5)31(29)34-35-37)30(23(6)33(39)40-7)25-10-9-24-13-14-36(18-27(24)17-25)32(38)26-15-19(2)21(4)20(3)16-26;1-7-36-29-11-10-27(22(5)31(29)33-34-36)28(17-30(37)39-6)24-9-8-23-12-13-35(18-26(23)16-24)32(38)25-14-19(2)21(4)20(3)15-25;1-2-4-5-3-1/h9-12,15-17,23,30H,8,13-14,18H2,1-7H3;8-11,14-16,28H,7,12-13,17-18H2,1-6H3;1-4H2/t23?,30-;28-;/m00./s1. The average molecular weight is 1140 g/mol. The summed E-state index contributed by atoms with van der Waals surface area (Å²) in [6.45, 7) is 28.4. The second-order valence-electron chi connectivity index (χ2n) is 23.0. The number of benzene rings is 6. The molecule has 3 aliphatic heterocycles. The summed E-state index contributed by atoms with van der Waals surface area (Å²) >= 11 is 0. The van der Waals surface area contributed by atoms with Gasteiger partial charge in [0.15, 0.2) is 0 Å². The summed E-state index contributed by atoms with van der Waals surface area (Å²) in [5, 5.41) is 17.5. The van der Waals surface area contributed by atoms with E-state index in [9.17, 15) is 19.2 Å². The predicted molar refractivity (Wildman–Crippen MR) is 329 cm³/mol. The smallest absolute Gasteiger partial charge is 0.309 e. The number of fused-ring (bicyclic) bond motifs is 4. The van der Waals surface area contributed by atoms with Crippen molar-refractivity contribution in [1.29, 1.82) is 0 Å². The van der Waals surface area contributed by atoms with Crippen LogP contribution in [0.5, 0.6) is 0 Å². The lowest BCUT2D eigenvalue weighted by Gasteiger charge is -2.31. The van der Waals surface area contributed by atoms with Crippen molar-refractivity contribution in [1.82, 2.24) is 39.8 Å². The normalized spacial score (nSPS) is 14.8. The van der Waals surface area contributed by atoms with Gasteiger partial charge in [0.25, 0.3) is 11.8 Å². The highest BCUT2D eigenvalue weighted by Gasteiger charge is 2.33. The van der Waals surface area contributed by atoms with Gasteiger partial charge in [-0.1, -0.05) is 65.9 Å². The van der Waals surface area contributed by atoms with Crippen LogP contribution in [0.15, 0.2) is 84.9 Å². The van der Waals surface area contributed by atoms with Gasteiger partial charge in [0, 0.05) is 75.4 Å².